The van der Waals surface area contributed by atoms with Gasteiger partial charge in [0.1, 0.15) is 5.82 Å². The smallest absolute Gasteiger partial charge is 0.268 e. The van der Waals surface area contributed by atoms with Crippen LogP contribution in [0.5, 0.6) is 0 Å². The van der Waals surface area contributed by atoms with E-state index in [1.165, 1.54) is 4.57 Å². The lowest BCUT2D eigenvalue weighted by Gasteiger charge is -2.16. The molecule has 0 radical (unpaired) electrons. The van der Waals surface area contributed by atoms with E-state index in [1.807, 2.05) is 25.1 Å². The van der Waals surface area contributed by atoms with Gasteiger partial charge in [0.2, 0.25) is 0 Å². The van der Waals surface area contributed by atoms with Crippen molar-refractivity contribution in [1.82, 2.24) is 19.7 Å². The van der Waals surface area contributed by atoms with E-state index in [-0.39, 0.29) is 11.6 Å². The Balaban J connectivity index is 2.45. The van der Waals surface area contributed by atoms with Crippen LogP contribution in [0.25, 0.3) is 16.7 Å². The van der Waals surface area contributed by atoms with Crippen molar-refractivity contribution in [2.45, 2.75) is 19.4 Å². The number of benzene rings is 1. The fourth-order valence-electron chi connectivity index (χ4n) is 2.24. The van der Waals surface area contributed by atoms with Gasteiger partial charge >= 0.3 is 0 Å². The molecule has 3 rings (SSSR count). The number of rotatable bonds is 3. The van der Waals surface area contributed by atoms with E-state index in [4.69, 9.17) is 5.73 Å². The van der Waals surface area contributed by atoms with Crippen LogP contribution in [0.15, 0.2) is 39.7 Å². The fourth-order valence-corrected chi connectivity index (χ4v) is 2.76. The SMILES string of the molecule is CCC(N)c1nc2cccc(Br)c2c(=O)n1-c1cc[nH]n1. The number of fused-ring (bicyclic) bond motifs is 1. The van der Waals surface area contributed by atoms with Crippen molar-refractivity contribution in [1.29, 1.82) is 0 Å². The summed E-state index contributed by atoms with van der Waals surface area (Å²) in [4.78, 5) is 17.5. The number of aromatic amines is 1. The van der Waals surface area contributed by atoms with Crippen molar-refractivity contribution in [3.63, 3.8) is 0 Å². The summed E-state index contributed by atoms with van der Waals surface area (Å²) in [6, 6.07) is 6.86. The van der Waals surface area contributed by atoms with E-state index in [0.717, 1.165) is 0 Å². The molecule has 1 atom stereocenters. The Morgan fingerprint density at radius 3 is 2.90 bits per heavy atom. The van der Waals surface area contributed by atoms with Gasteiger partial charge in [0, 0.05) is 16.7 Å². The van der Waals surface area contributed by atoms with Crippen molar-refractivity contribution >= 4 is 26.8 Å². The minimum Gasteiger partial charge on any atom is -0.321 e. The van der Waals surface area contributed by atoms with Crippen molar-refractivity contribution < 1.29 is 0 Å². The lowest BCUT2D eigenvalue weighted by Crippen LogP contribution is -2.28. The minimum absolute atomic E-state index is 0.182. The van der Waals surface area contributed by atoms with Crippen LogP contribution in [0.2, 0.25) is 0 Å². The molecule has 3 aromatic rings. The third-order valence-corrected chi connectivity index (χ3v) is 4.02. The van der Waals surface area contributed by atoms with Gasteiger partial charge < -0.3 is 5.73 Å². The van der Waals surface area contributed by atoms with E-state index in [1.54, 1.807) is 12.3 Å². The molecule has 0 fully saturated rings. The molecule has 0 aliphatic rings. The summed E-state index contributed by atoms with van der Waals surface area (Å²) < 4.78 is 2.18. The van der Waals surface area contributed by atoms with E-state index >= 15 is 0 Å². The maximum atomic E-state index is 12.9. The zero-order valence-electron chi connectivity index (χ0n) is 11.4. The molecule has 7 heteroatoms. The summed E-state index contributed by atoms with van der Waals surface area (Å²) >= 11 is 3.41. The quantitative estimate of drug-likeness (QED) is 0.760. The number of nitrogens with one attached hydrogen (secondary N) is 1. The molecule has 2 aromatic heterocycles. The molecule has 3 N–H and O–H groups in total. The van der Waals surface area contributed by atoms with Crippen molar-refractivity contribution in [3.8, 4) is 5.82 Å². The highest BCUT2D eigenvalue weighted by Crippen LogP contribution is 2.22. The molecule has 0 saturated heterocycles. The van der Waals surface area contributed by atoms with Gasteiger partial charge in [0.25, 0.3) is 5.56 Å². The van der Waals surface area contributed by atoms with Gasteiger partial charge in [-0.1, -0.05) is 13.0 Å². The van der Waals surface area contributed by atoms with E-state index in [2.05, 4.69) is 31.1 Å². The molecular formula is C14H14BrN5O. The predicted molar refractivity (Wildman–Crippen MR) is 84.4 cm³/mol. The molecule has 0 bridgehead atoms. The summed E-state index contributed by atoms with van der Waals surface area (Å²) in [6.07, 6.45) is 2.34. The Morgan fingerprint density at radius 1 is 1.43 bits per heavy atom. The number of nitrogens with zero attached hydrogens (tertiary/aromatic N) is 3. The van der Waals surface area contributed by atoms with Crippen LogP contribution >= 0.6 is 15.9 Å². The summed E-state index contributed by atoms with van der Waals surface area (Å²) in [6.45, 7) is 1.96. The van der Waals surface area contributed by atoms with Crippen LogP contribution in [0.1, 0.15) is 25.2 Å². The first-order chi connectivity index (χ1) is 10.1. The zero-order chi connectivity index (χ0) is 15.0. The number of H-pyrrole nitrogens is 1. The zero-order valence-corrected chi connectivity index (χ0v) is 13.0. The van der Waals surface area contributed by atoms with Crippen LogP contribution in [0.3, 0.4) is 0 Å². The monoisotopic (exact) mass is 347 g/mol. The Labute approximate surface area is 129 Å². The number of halogens is 1. The van der Waals surface area contributed by atoms with Gasteiger partial charge in [-0.15, -0.1) is 0 Å². The maximum Gasteiger partial charge on any atom is 0.268 e. The summed E-state index contributed by atoms with van der Waals surface area (Å²) in [5.74, 6) is 1.00. The van der Waals surface area contributed by atoms with Gasteiger partial charge in [0.15, 0.2) is 5.82 Å². The highest BCUT2D eigenvalue weighted by Gasteiger charge is 2.19. The van der Waals surface area contributed by atoms with Crippen molar-refractivity contribution in [2.75, 3.05) is 0 Å². The molecule has 0 aliphatic heterocycles. The largest absolute Gasteiger partial charge is 0.321 e. The maximum absolute atomic E-state index is 12.9. The lowest BCUT2D eigenvalue weighted by molar-refractivity contribution is 0.618. The van der Waals surface area contributed by atoms with Crippen molar-refractivity contribution in [3.05, 3.63) is 51.1 Å². The molecule has 108 valence electrons. The van der Waals surface area contributed by atoms with Gasteiger partial charge in [-0.05, 0) is 34.5 Å². The first kappa shape index (κ1) is 14.0. The molecule has 0 spiro atoms. The Morgan fingerprint density at radius 2 is 2.24 bits per heavy atom. The second-order valence-electron chi connectivity index (χ2n) is 4.69. The Kier molecular flexibility index (Phi) is 3.60. The molecule has 1 unspecified atom stereocenters. The van der Waals surface area contributed by atoms with Crippen molar-refractivity contribution in [2.24, 2.45) is 5.73 Å². The predicted octanol–water partition coefficient (Wildman–Crippen LogP) is 2.28. The summed E-state index contributed by atoms with van der Waals surface area (Å²) in [5.41, 5.74) is 6.57. The van der Waals surface area contributed by atoms with Crippen LogP contribution in [-0.2, 0) is 0 Å². The topological polar surface area (TPSA) is 89.6 Å². The molecule has 6 nitrogen and oxygen atoms in total. The lowest BCUT2D eigenvalue weighted by atomic mass is 10.2. The number of aromatic nitrogens is 4. The molecular weight excluding hydrogens is 334 g/mol. The van der Waals surface area contributed by atoms with Crippen LogP contribution in [-0.4, -0.2) is 19.7 Å². The van der Waals surface area contributed by atoms with Crippen LogP contribution in [0, 0.1) is 0 Å². The van der Waals surface area contributed by atoms with Crippen LogP contribution < -0.4 is 11.3 Å². The number of hydrogen-bond donors (Lipinski definition) is 2. The first-order valence-corrected chi connectivity index (χ1v) is 7.39. The molecule has 0 aliphatic carbocycles. The number of hydrogen-bond acceptors (Lipinski definition) is 4. The average molecular weight is 348 g/mol. The Bertz CT molecular complexity index is 840. The van der Waals surface area contributed by atoms with E-state index < -0.39 is 0 Å². The number of nitrogens with two attached hydrogens (primary N) is 1. The van der Waals surface area contributed by atoms with E-state index in [0.29, 0.717) is 33.4 Å². The highest BCUT2D eigenvalue weighted by atomic mass is 79.9. The van der Waals surface area contributed by atoms with Crippen LogP contribution in [0.4, 0.5) is 0 Å². The first-order valence-electron chi connectivity index (χ1n) is 6.60. The average Bonchev–Trinajstić information content (AvgIpc) is 2.99. The molecule has 0 saturated carbocycles. The molecule has 0 amide bonds. The highest BCUT2D eigenvalue weighted by molar-refractivity contribution is 9.10. The van der Waals surface area contributed by atoms with Gasteiger partial charge in [-0.3, -0.25) is 9.89 Å². The molecule has 1 aromatic carbocycles. The Hall–Kier alpha value is -1.99. The summed E-state index contributed by atoms with van der Waals surface area (Å²) in [5, 5.41) is 7.32. The van der Waals surface area contributed by atoms with Gasteiger partial charge in [0.05, 0.1) is 16.9 Å². The van der Waals surface area contributed by atoms with Gasteiger partial charge in [-0.25, -0.2) is 9.55 Å². The molecule has 2 heterocycles. The summed E-state index contributed by atoms with van der Waals surface area (Å²) in [7, 11) is 0. The minimum atomic E-state index is -0.335. The standard InChI is InChI=1S/C14H14BrN5O/c1-2-9(16)13-18-10-5-3-4-8(15)12(10)14(21)20(13)11-6-7-17-19-11/h3-7,9H,2,16H2,1H3,(H,17,19). The fraction of sp³-hybridized carbons (Fsp3) is 0.214. The van der Waals surface area contributed by atoms with E-state index in [9.17, 15) is 4.79 Å². The normalized spacial score (nSPS) is 12.7. The second kappa shape index (κ2) is 5.42. The van der Waals surface area contributed by atoms with Gasteiger partial charge in [-0.2, -0.15) is 5.10 Å². The third kappa shape index (κ3) is 2.28. The second-order valence-corrected chi connectivity index (χ2v) is 5.55. The third-order valence-electron chi connectivity index (χ3n) is 3.36. The molecule has 21 heavy (non-hydrogen) atoms.